The minimum atomic E-state index is -1.53. The van der Waals surface area contributed by atoms with Crippen molar-refractivity contribution in [3.05, 3.63) is 0 Å². The second kappa shape index (κ2) is 4.02. The van der Waals surface area contributed by atoms with Gasteiger partial charge in [-0.15, -0.1) is 11.6 Å². The maximum absolute atomic E-state index is 10.0. The van der Waals surface area contributed by atoms with Gasteiger partial charge in [0.2, 0.25) is 0 Å². The van der Waals surface area contributed by atoms with Crippen LogP contribution in [0.3, 0.4) is 0 Å². The van der Waals surface area contributed by atoms with Crippen LogP contribution in [0.15, 0.2) is 0 Å². The number of carbonyl (C=O) groups is 1. The lowest BCUT2D eigenvalue weighted by atomic mass is 10.2. The van der Waals surface area contributed by atoms with Gasteiger partial charge in [0, 0.05) is 6.42 Å². The van der Waals surface area contributed by atoms with Crippen molar-refractivity contribution in [2.75, 3.05) is 0 Å². The van der Waals surface area contributed by atoms with Crippen LogP contribution in [0.2, 0.25) is 0 Å². The molecule has 0 bridgehead atoms. The number of alkyl halides is 3. The van der Waals surface area contributed by atoms with E-state index in [4.69, 9.17) is 40.1 Å². The maximum atomic E-state index is 10.0. The molecule has 0 radical (unpaired) electrons. The summed E-state index contributed by atoms with van der Waals surface area (Å²) >= 11 is 16.1. The number of carbonyl (C=O) groups excluding carboxylic acids is 1. The Bertz CT molecular complexity index is 163. The number of aldehydes is 1. The molecule has 0 fully saturated rings. The highest BCUT2D eigenvalue weighted by Gasteiger charge is 2.26. The molecule has 0 aliphatic rings. The second-order valence-corrected chi connectivity index (χ2v) is 3.75. The highest BCUT2D eigenvalue weighted by Crippen LogP contribution is 2.25. The van der Waals surface area contributed by atoms with Crippen molar-refractivity contribution >= 4 is 41.1 Å². The molecule has 56 valence electrons. The normalized spacial score (nSPS) is 13.8. The zero-order chi connectivity index (χ0) is 8.20. The summed E-state index contributed by atoms with van der Waals surface area (Å²) in [6, 6.07) is 1.69. The Morgan fingerprint density at radius 1 is 1.70 bits per heavy atom. The molecule has 0 aromatic heterocycles. The van der Waals surface area contributed by atoms with Crippen LogP contribution in [-0.2, 0) is 4.79 Å². The molecule has 10 heavy (non-hydrogen) atoms. The number of hydrogen-bond acceptors (Lipinski definition) is 2. The van der Waals surface area contributed by atoms with E-state index in [1.807, 2.05) is 0 Å². The summed E-state index contributed by atoms with van der Waals surface area (Å²) in [5, 5.41) is 7.36. The topological polar surface area (TPSA) is 40.9 Å². The Balaban J connectivity index is 3.90. The van der Waals surface area contributed by atoms with Crippen molar-refractivity contribution in [3.8, 4) is 6.07 Å². The first-order valence-electron chi connectivity index (χ1n) is 2.39. The van der Waals surface area contributed by atoms with E-state index in [2.05, 4.69) is 0 Å². The maximum Gasteiger partial charge on any atom is 0.175 e. The van der Waals surface area contributed by atoms with Crippen LogP contribution in [0.1, 0.15) is 6.42 Å². The van der Waals surface area contributed by atoms with Crippen LogP contribution < -0.4 is 0 Å². The summed E-state index contributed by atoms with van der Waals surface area (Å²) in [4.78, 5) is 10.0. The summed E-state index contributed by atoms with van der Waals surface area (Å²) in [6.07, 6.45) is 0.292. The van der Waals surface area contributed by atoms with Gasteiger partial charge in [0.1, 0.15) is 5.38 Å². The molecule has 5 heteroatoms. The number of halogens is 3. The van der Waals surface area contributed by atoms with E-state index in [1.165, 1.54) is 0 Å². The molecule has 0 rings (SSSR count). The van der Waals surface area contributed by atoms with Crippen molar-refractivity contribution in [2.24, 2.45) is 0 Å². The fourth-order valence-electron chi connectivity index (χ4n) is 0.333. The number of rotatable bonds is 3. The van der Waals surface area contributed by atoms with Crippen LogP contribution in [0, 0.1) is 11.3 Å². The molecule has 0 spiro atoms. The van der Waals surface area contributed by atoms with Gasteiger partial charge in [-0.25, -0.2) is 0 Å². The zero-order valence-electron chi connectivity index (χ0n) is 4.85. The molecule has 0 aliphatic heterocycles. The van der Waals surface area contributed by atoms with Gasteiger partial charge in [0.15, 0.2) is 10.6 Å². The Labute approximate surface area is 73.7 Å². The molecule has 0 aromatic carbocycles. The summed E-state index contributed by atoms with van der Waals surface area (Å²) < 4.78 is -1.53. The van der Waals surface area contributed by atoms with Crippen molar-refractivity contribution in [1.82, 2.24) is 0 Å². The zero-order valence-corrected chi connectivity index (χ0v) is 7.12. The van der Waals surface area contributed by atoms with Gasteiger partial charge in [0.25, 0.3) is 0 Å². The van der Waals surface area contributed by atoms with E-state index in [9.17, 15) is 4.79 Å². The van der Waals surface area contributed by atoms with E-state index in [0.717, 1.165) is 0 Å². The molecule has 0 saturated heterocycles. The predicted molar refractivity (Wildman–Crippen MR) is 40.4 cm³/mol. The first-order chi connectivity index (χ1) is 4.52. The fraction of sp³-hybridized carbons (Fsp3) is 0.600. The van der Waals surface area contributed by atoms with Crippen LogP contribution in [0.25, 0.3) is 0 Å². The SMILES string of the molecule is N#CC(Cl)CC(Cl)(Cl)C=O. The van der Waals surface area contributed by atoms with Gasteiger partial charge in [-0.3, -0.25) is 0 Å². The molecule has 0 saturated carbocycles. The number of nitriles is 1. The highest BCUT2D eigenvalue weighted by atomic mass is 35.5. The minimum absolute atomic E-state index is 0.0579. The van der Waals surface area contributed by atoms with E-state index < -0.39 is 9.71 Å². The summed E-state index contributed by atoms with van der Waals surface area (Å²) in [6.45, 7) is 0. The van der Waals surface area contributed by atoms with Crippen LogP contribution in [-0.4, -0.2) is 16.0 Å². The molecular formula is C5H4Cl3NO. The van der Waals surface area contributed by atoms with Crippen molar-refractivity contribution < 1.29 is 4.79 Å². The van der Waals surface area contributed by atoms with E-state index in [1.54, 1.807) is 6.07 Å². The third-order valence-electron chi connectivity index (χ3n) is 0.764. The lowest BCUT2D eigenvalue weighted by Gasteiger charge is -2.10. The van der Waals surface area contributed by atoms with Crippen LogP contribution in [0.4, 0.5) is 0 Å². The first kappa shape index (κ1) is 10.0. The lowest BCUT2D eigenvalue weighted by Crippen LogP contribution is -2.19. The average Bonchev–Trinajstić information content (AvgIpc) is 1.87. The molecule has 0 aliphatic carbocycles. The monoisotopic (exact) mass is 199 g/mol. The Kier molecular flexibility index (Phi) is 4.04. The van der Waals surface area contributed by atoms with Crippen LogP contribution in [0.5, 0.6) is 0 Å². The molecular weight excluding hydrogens is 196 g/mol. The van der Waals surface area contributed by atoms with E-state index in [-0.39, 0.29) is 6.42 Å². The third-order valence-corrected chi connectivity index (χ3v) is 1.50. The van der Waals surface area contributed by atoms with Crippen molar-refractivity contribution in [2.45, 2.75) is 16.1 Å². The second-order valence-electron chi connectivity index (χ2n) is 1.68. The Hall–Kier alpha value is 0.0300. The lowest BCUT2D eigenvalue weighted by molar-refractivity contribution is -0.108. The van der Waals surface area contributed by atoms with Crippen molar-refractivity contribution in [1.29, 1.82) is 5.26 Å². The predicted octanol–water partition coefficient (Wildman–Crippen LogP) is 1.88. The van der Waals surface area contributed by atoms with Gasteiger partial charge < -0.3 is 4.79 Å². The summed E-state index contributed by atoms with van der Waals surface area (Å²) in [5.74, 6) is 0. The van der Waals surface area contributed by atoms with E-state index in [0.29, 0.717) is 6.29 Å². The molecule has 0 aromatic rings. The smallest absolute Gasteiger partial charge is 0.175 e. The quantitative estimate of drug-likeness (QED) is 0.515. The molecule has 0 amide bonds. The summed E-state index contributed by atoms with van der Waals surface area (Å²) in [5.41, 5.74) is 0. The summed E-state index contributed by atoms with van der Waals surface area (Å²) in [7, 11) is 0. The average molecular weight is 200 g/mol. The molecule has 0 N–H and O–H groups in total. The Morgan fingerprint density at radius 2 is 2.20 bits per heavy atom. The molecule has 1 unspecified atom stereocenters. The fourth-order valence-corrected chi connectivity index (χ4v) is 1.04. The third kappa shape index (κ3) is 3.94. The van der Waals surface area contributed by atoms with Crippen LogP contribution >= 0.6 is 34.8 Å². The standard InChI is InChI=1S/C5H4Cl3NO/c6-4(2-9)1-5(7,8)3-10/h3-4H,1H2. The van der Waals surface area contributed by atoms with Gasteiger partial charge in [-0.05, 0) is 0 Å². The molecule has 0 heterocycles. The van der Waals surface area contributed by atoms with Crippen molar-refractivity contribution in [3.63, 3.8) is 0 Å². The van der Waals surface area contributed by atoms with E-state index >= 15 is 0 Å². The number of hydrogen-bond donors (Lipinski definition) is 0. The largest absolute Gasteiger partial charge is 0.300 e. The molecule has 2 nitrogen and oxygen atoms in total. The Morgan fingerprint density at radius 3 is 2.50 bits per heavy atom. The molecule has 1 atom stereocenters. The first-order valence-corrected chi connectivity index (χ1v) is 3.59. The van der Waals surface area contributed by atoms with Gasteiger partial charge in [-0.2, -0.15) is 5.26 Å². The van der Waals surface area contributed by atoms with Gasteiger partial charge in [0.05, 0.1) is 6.07 Å². The van der Waals surface area contributed by atoms with Gasteiger partial charge >= 0.3 is 0 Å². The highest BCUT2D eigenvalue weighted by molar-refractivity contribution is 6.56. The van der Waals surface area contributed by atoms with Gasteiger partial charge in [-0.1, -0.05) is 23.2 Å². The minimum Gasteiger partial charge on any atom is -0.300 e. The number of nitrogens with zero attached hydrogens (tertiary/aromatic N) is 1.